The van der Waals surface area contributed by atoms with E-state index in [0.717, 1.165) is 35.3 Å². The van der Waals surface area contributed by atoms with Crippen LogP contribution in [0.2, 0.25) is 0 Å². The zero-order chi connectivity index (χ0) is 20.9. The molecule has 0 spiro atoms. The molecule has 1 saturated heterocycles. The van der Waals surface area contributed by atoms with Crippen molar-refractivity contribution in [1.82, 2.24) is 4.90 Å². The summed E-state index contributed by atoms with van der Waals surface area (Å²) >= 11 is 0. The molecule has 154 valence electrons. The predicted molar refractivity (Wildman–Crippen MR) is 105 cm³/mol. The highest BCUT2D eigenvalue weighted by Gasteiger charge is 2.62. The summed E-state index contributed by atoms with van der Waals surface area (Å²) in [5.74, 6) is -1.74. The SMILES string of the molecule is Cc1cc(C)cc(NC(=O)COC(=O)[C@H](C)N2C(=O)[C@H]3[C@H]4CC[C@@H](C4)[C@@H]3C2=O)c1. The molecular weight excluding hydrogens is 372 g/mol. The number of aryl methyl sites for hydroxylation is 2. The van der Waals surface area contributed by atoms with Crippen molar-refractivity contribution in [2.75, 3.05) is 11.9 Å². The second kappa shape index (κ2) is 7.28. The highest BCUT2D eigenvalue weighted by molar-refractivity contribution is 6.08. The van der Waals surface area contributed by atoms with Gasteiger partial charge in [-0.3, -0.25) is 19.3 Å². The molecule has 1 heterocycles. The van der Waals surface area contributed by atoms with Gasteiger partial charge in [0.25, 0.3) is 5.91 Å². The molecule has 3 aliphatic rings. The molecular formula is C22H26N2O5. The van der Waals surface area contributed by atoms with Crippen LogP contribution in [0.1, 0.15) is 37.3 Å². The van der Waals surface area contributed by atoms with Crippen LogP contribution in [0.4, 0.5) is 5.69 Å². The molecule has 0 unspecified atom stereocenters. The van der Waals surface area contributed by atoms with Crippen molar-refractivity contribution in [3.05, 3.63) is 29.3 Å². The molecule has 3 amide bonds. The maximum atomic E-state index is 12.8. The quantitative estimate of drug-likeness (QED) is 0.606. The number of hydrogen-bond acceptors (Lipinski definition) is 5. The molecule has 29 heavy (non-hydrogen) atoms. The largest absolute Gasteiger partial charge is 0.454 e. The second-order valence-electron chi connectivity index (χ2n) is 8.64. The van der Waals surface area contributed by atoms with E-state index in [2.05, 4.69) is 5.32 Å². The summed E-state index contributed by atoms with van der Waals surface area (Å²) < 4.78 is 5.10. The zero-order valence-electron chi connectivity index (χ0n) is 16.9. The van der Waals surface area contributed by atoms with Gasteiger partial charge in [0.2, 0.25) is 11.8 Å². The van der Waals surface area contributed by atoms with Crippen LogP contribution < -0.4 is 5.32 Å². The van der Waals surface area contributed by atoms with Gasteiger partial charge in [0, 0.05) is 5.69 Å². The van der Waals surface area contributed by atoms with Gasteiger partial charge in [-0.2, -0.15) is 0 Å². The van der Waals surface area contributed by atoms with Crippen LogP contribution >= 0.6 is 0 Å². The normalized spacial score (nSPS) is 28.4. The van der Waals surface area contributed by atoms with Crippen molar-refractivity contribution in [1.29, 1.82) is 0 Å². The van der Waals surface area contributed by atoms with Crippen molar-refractivity contribution in [3.63, 3.8) is 0 Å². The number of carbonyl (C=O) groups is 4. The van der Waals surface area contributed by atoms with Crippen LogP contribution in [0.25, 0.3) is 0 Å². The summed E-state index contributed by atoms with van der Waals surface area (Å²) in [6.45, 7) is 4.87. The van der Waals surface area contributed by atoms with Gasteiger partial charge in [0.1, 0.15) is 6.04 Å². The Kier molecular flexibility index (Phi) is 4.92. The number of fused-ring (bicyclic) bond motifs is 5. The van der Waals surface area contributed by atoms with Crippen molar-refractivity contribution in [2.24, 2.45) is 23.7 Å². The number of nitrogens with zero attached hydrogens (tertiary/aromatic N) is 1. The first-order valence-corrected chi connectivity index (χ1v) is 10.2. The lowest BCUT2D eigenvalue weighted by atomic mass is 9.81. The maximum Gasteiger partial charge on any atom is 0.329 e. The number of ether oxygens (including phenoxy) is 1. The van der Waals surface area contributed by atoms with Crippen LogP contribution in [0.5, 0.6) is 0 Å². The Bertz CT molecular complexity index is 847. The van der Waals surface area contributed by atoms with Crippen molar-refractivity contribution in [3.8, 4) is 0 Å². The first-order chi connectivity index (χ1) is 13.8. The molecule has 1 aromatic rings. The van der Waals surface area contributed by atoms with E-state index in [1.54, 1.807) is 0 Å². The molecule has 1 aliphatic heterocycles. The molecule has 0 radical (unpaired) electrons. The van der Waals surface area contributed by atoms with E-state index in [1.807, 2.05) is 32.0 Å². The van der Waals surface area contributed by atoms with E-state index in [9.17, 15) is 19.2 Å². The van der Waals surface area contributed by atoms with Gasteiger partial charge in [-0.25, -0.2) is 4.79 Å². The Morgan fingerprint density at radius 2 is 1.62 bits per heavy atom. The summed E-state index contributed by atoms with van der Waals surface area (Å²) in [5, 5.41) is 2.69. The maximum absolute atomic E-state index is 12.8. The van der Waals surface area contributed by atoms with Crippen LogP contribution in [0, 0.1) is 37.5 Å². The Balaban J connectivity index is 1.34. The third-order valence-corrected chi connectivity index (χ3v) is 6.54. The number of carbonyl (C=O) groups excluding carboxylic acids is 4. The summed E-state index contributed by atoms with van der Waals surface area (Å²) in [6.07, 6.45) is 2.91. The number of imide groups is 1. The van der Waals surface area contributed by atoms with Crippen LogP contribution in [-0.2, 0) is 23.9 Å². The fourth-order valence-corrected chi connectivity index (χ4v) is 5.42. The molecule has 7 heteroatoms. The van der Waals surface area contributed by atoms with Crippen LogP contribution in [-0.4, -0.2) is 41.2 Å². The van der Waals surface area contributed by atoms with Gasteiger partial charge < -0.3 is 10.1 Å². The number of likely N-dealkylation sites (tertiary alicyclic amines) is 1. The molecule has 7 nitrogen and oxygen atoms in total. The third kappa shape index (κ3) is 3.43. The molecule has 2 saturated carbocycles. The van der Waals surface area contributed by atoms with E-state index in [0.29, 0.717) is 5.69 Å². The lowest BCUT2D eigenvalue weighted by Crippen LogP contribution is -2.45. The molecule has 2 aliphatic carbocycles. The molecule has 1 aromatic carbocycles. The molecule has 3 fully saturated rings. The van der Waals surface area contributed by atoms with Gasteiger partial charge in [0.15, 0.2) is 6.61 Å². The van der Waals surface area contributed by atoms with Gasteiger partial charge in [-0.05, 0) is 75.1 Å². The molecule has 5 atom stereocenters. The fraction of sp³-hybridized carbons (Fsp3) is 0.545. The Morgan fingerprint density at radius 1 is 1.07 bits per heavy atom. The van der Waals surface area contributed by atoms with Crippen LogP contribution in [0.15, 0.2) is 18.2 Å². The van der Waals surface area contributed by atoms with E-state index < -0.39 is 24.5 Å². The Labute approximate surface area is 169 Å². The topological polar surface area (TPSA) is 92.8 Å². The zero-order valence-corrected chi connectivity index (χ0v) is 16.9. The molecule has 4 rings (SSSR count). The standard InChI is InChI=1S/C22H26N2O5/c1-11-6-12(2)8-16(7-11)23-17(25)10-29-22(28)13(3)24-20(26)18-14-4-5-15(9-14)19(18)21(24)27/h6-8,13-15,18-19H,4-5,9-10H2,1-3H3,(H,23,25)/t13-,14-,15-,18-,19-/m0/s1. The fourth-order valence-electron chi connectivity index (χ4n) is 5.42. The van der Waals surface area contributed by atoms with Gasteiger partial charge >= 0.3 is 5.97 Å². The molecule has 2 bridgehead atoms. The van der Waals surface area contributed by atoms with E-state index in [4.69, 9.17) is 4.74 Å². The summed E-state index contributed by atoms with van der Waals surface area (Å²) in [4.78, 5) is 51.2. The Morgan fingerprint density at radius 3 is 2.17 bits per heavy atom. The molecule has 0 aromatic heterocycles. The first kappa shape index (κ1) is 19.6. The number of esters is 1. The van der Waals surface area contributed by atoms with Crippen molar-refractivity contribution < 1.29 is 23.9 Å². The monoisotopic (exact) mass is 398 g/mol. The summed E-state index contributed by atoms with van der Waals surface area (Å²) in [5.41, 5.74) is 2.65. The van der Waals surface area contributed by atoms with Crippen LogP contribution in [0.3, 0.4) is 0 Å². The van der Waals surface area contributed by atoms with Crippen molar-refractivity contribution in [2.45, 2.75) is 46.1 Å². The minimum absolute atomic E-state index is 0.253. The number of amides is 3. The summed E-state index contributed by atoms with van der Waals surface area (Å²) in [7, 11) is 0. The average molecular weight is 398 g/mol. The number of benzene rings is 1. The molecule has 1 N–H and O–H groups in total. The summed E-state index contributed by atoms with van der Waals surface area (Å²) in [6, 6.07) is 4.62. The van der Waals surface area contributed by atoms with E-state index in [1.165, 1.54) is 6.92 Å². The lowest BCUT2D eigenvalue weighted by molar-refractivity contribution is -0.159. The number of rotatable bonds is 5. The van der Waals surface area contributed by atoms with E-state index in [-0.39, 0.29) is 35.5 Å². The predicted octanol–water partition coefficient (Wildman–Crippen LogP) is 2.20. The number of hydrogen-bond donors (Lipinski definition) is 1. The van der Waals surface area contributed by atoms with E-state index >= 15 is 0 Å². The van der Waals surface area contributed by atoms with Gasteiger partial charge in [-0.15, -0.1) is 0 Å². The third-order valence-electron chi connectivity index (χ3n) is 6.54. The smallest absolute Gasteiger partial charge is 0.329 e. The Hall–Kier alpha value is -2.70. The first-order valence-electron chi connectivity index (χ1n) is 10.2. The second-order valence-corrected chi connectivity index (χ2v) is 8.64. The number of anilines is 1. The lowest BCUT2D eigenvalue weighted by Gasteiger charge is -2.23. The minimum atomic E-state index is -1.02. The highest BCUT2D eigenvalue weighted by Crippen LogP contribution is 2.56. The average Bonchev–Trinajstić information content (AvgIpc) is 3.32. The van der Waals surface area contributed by atoms with Gasteiger partial charge in [-0.1, -0.05) is 6.07 Å². The number of nitrogens with one attached hydrogen (secondary N) is 1. The highest BCUT2D eigenvalue weighted by atomic mass is 16.5. The van der Waals surface area contributed by atoms with Crippen molar-refractivity contribution >= 4 is 29.4 Å². The minimum Gasteiger partial charge on any atom is -0.454 e. The van der Waals surface area contributed by atoms with Gasteiger partial charge in [0.05, 0.1) is 11.8 Å².